The Bertz CT molecular complexity index is 546. The van der Waals surface area contributed by atoms with Gasteiger partial charge in [0.05, 0.1) is 0 Å². The smallest absolute Gasteiger partial charge is 0.404 e. The maximum atomic E-state index is 10.9. The topological polar surface area (TPSA) is 70.0 Å². The summed E-state index contributed by atoms with van der Waals surface area (Å²) in [4.78, 5) is 20.0. The molecule has 0 heterocycles. The molecule has 1 atom stereocenters. The zero-order valence-corrected chi connectivity index (χ0v) is 15.1. The van der Waals surface area contributed by atoms with Crippen molar-refractivity contribution in [1.82, 2.24) is 4.90 Å². The van der Waals surface area contributed by atoms with E-state index in [2.05, 4.69) is 30.4 Å². The normalized spacial score (nSPS) is 19.6. The van der Waals surface area contributed by atoms with E-state index in [1.165, 1.54) is 37.7 Å². The molecule has 2 N–H and O–H groups in total. The Morgan fingerprint density at radius 2 is 1.74 bits per heavy atom. The van der Waals surface area contributed by atoms with Crippen molar-refractivity contribution in [3.8, 4) is 5.75 Å². The van der Waals surface area contributed by atoms with Crippen molar-refractivity contribution < 1.29 is 18.9 Å². The Morgan fingerprint density at radius 1 is 1.17 bits per heavy atom. The van der Waals surface area contributed by atoms with Crippen molar-refractivity contribution in [3.63, 3.8) is 0 Å². The van der Waals surface area contributed by atoms with Crippen LogP contribution in [-0.4, -0.2) is 35.3 Å². The molecule has 0 radical (unpaired) electrons. The lowest BCUT2D eigenvalue weighted by molar-refractivity contribution is 0.143. The lowest BCUT2D eigenvalue weighted by Crippen LogP contribution is -2.35. The lowest BCUT2D eigenvalue weighted by Gasteiger charge is -2.42. The quantitative estimate of drug-likeness (QED) is 0.771. The molecule has 1 aromatic rings. The van der Waals surface area contributed by atoms with Crippen LogP contribution >= 0.6 is 7.82 Å². The maximum Gasteiger partial charge on any atom is 0.524 e. The van der Waals surface area contributed by atoms with E-state index in [0.29, 0.717) is 5.92 Å². The van der Waals surface area contributed by atoms with E-state index in [9.17, 15) is 4.57 Å². The molecule has 0 spiro atoms. The third-order valence-electron chi connectivity index (χ3n) is 4.89. The molecule has 130 valence electrons. The Kier molecular flexibility index (Phi) is 5.90. The van der Waals surface area contributed by atoms with Crippen molar-refractivity contribution in [2.75, 3.05) is 20.6 Å². The van der Waals surface area contributed by atoms with Crippen LogP contribution in [0.4, 0.5) is 0 Å². The molecule has 0 aromatic heterocycles. The first-order valence-corrected chi connectivity index (χ1v) is 9.72. The van der Waals surface area contributed by atoms with Crippen molar-refractivity contribution in [1.29, 1.82) is 0 Å². The minimum Gasteiger partial charge on any atom is -0.404 e. The summed E-state index contributed by atoms with van der Waals surface area (Å²) in [7, 11) is -0.322. The van der Waals surface area contributed by atoms with Crippen molar-refractivity contribution in [2.24, 2.45) is 5.41 Å². The van der Waals surface area contributed by atoms with Crippen LogP contribution in [0.3, 0.4) is 0 Å². The zero-order chi connectivity index (χ0) is 17.1. The highest BCUT2D eigenvalue weighted by Gasteiger charge is 2.36. The molecule has 5 nitrogen and oxygen atoms in total. The van der Waals surface area contributed by atoms with E-state index >= 15 is 0 Å². The Morgan fingerprint density at radius 3 is 2.22 bits per heavy atom. The van der Waals surface area contributed by atoms with E-state index in [1.54, 1.807) is 12.1 Å². The van der Waals surface area contributed by atoms with E-state index in [-0.39, 0.29) is 11.2 Å². The molecule has 23 heavy (non-hydrogen) atoms. The van der Waals surface area contributed by atoms with Gasteiger partial charge in [0.1, 0.15) is 5.75 Å². The first kappa shape index (κ1) is 18.5. The molecule has 1 aliphatic rings. The molecular weight excluding hydrogens is 313 g/mol. The molecule has 1 fully saturated rings. The van der Waals surface area contributed by atoms with E-state index < -0.39 is 7.82 Å². The van der Waals surface area contributed by atoms with Crippen molar-refractivity contribution in [2.45, 2.75) is 44.9 Å². The standard InChI is InChI=1S/C17H28NO4P/c1-17(11-5-4-6-12-17)16(13-18(2)3)14-7-9-15(10-8-14)22-23(19,20)21/h7-10,16H,4-6,11-13H2,1-3H3,(H2,19,20,21). The van der Waals surface area contributed by atoms with E-state index in [1.807, 2.05) is 12.1 Å². The fraction of sp³-hybridized carbons (Fsp3) is 0.647. The fourth-order valence-corrected chi connectivity index (χ4v) is 4.10. The number of hydrogen-bond donors (Lipinski definition) is 2. The third-order valence-corrected chi connectivity index (χ3v) is 5.34. The predicted molar refractivity (Wildman–Crippen MR) is 91.6 cm³/mol. The molecule has 1 aromatic carbocycles. The minimum atomic E-state index is -4.50. The number of likely N-dealkylation sites (N-methyl/N-ethyl adjacent to an activating group) is 1. The molecule has 1 aliphatic carbocycles. The van der Waals surface area contributed by atoms with Gasteiger partial charge in [-0.3, -0.25) is 9.79 Å². The molecule has 0 bridgehead atoms. The monoisotopic (exact) mass is 341 g/mol. The first-order valence-electron chi connectivity index (χ1n) is 8.19. The van der Waals surface area contributed by atoms with Gasteiger partial charge in [0.2, 0.25) is 0 Å². The molecule has 0 saturated heterocycles. The van der Waals surface area contributed by atoms with Gasteiger partial charge >= 0.3 is 7.82 Å². The van der Waals surface area contributed by atoms with Crippen LogP contribution in [0.2, 0.25) is 0 Å². The summed E-state index contributed by atoms with van der Waals surface area (Å²) >= 11 is 0. The Hall–Kier alpha value is -0.870. The number of benzene rings is 1. The number of hydrogen-bond acceptors (Lipinski definition) is 3. The summed E-state index contributed by atoms with van der Waals surface area (Å²) in [6.45, 7) is 3.34. The van der Waals surface area contributed by atoms with Gasteiger partial charge in [-0.25, -0.2) is 4.57 Å². The van der Waals surface area contributed by atoms with Gasteiger partial charge < -0.3 is 9.42 Å². The molecule has 1 saturated carbocycles. The SMILES string of the molecule is CN(C)CC(c1ccc(OP(=O)(O)O)cc1)C1(C)CCCCC1. The van der Waals surface area contributed by atoms with Gasteiger partial charge in [-0.2, -0.15) is 0 Å². The number of nitrogens with zero attached hydrogens (tertiary/aromatic N) is 1. The molecule has 1 unspecified atom stereocenters. The van der Waals surface area contributed by atoms with E-state index in [4.69, 9.17) is 9.79 Å². The largest absolute Gasteiger partial charge is 0.524 e. The number of phosphoric ester groups is 1. The van der Waals surface area contributed by atoms with Crippen LogP contribution in [0, 0.1) is 5.41 Å². The average Bonchev–Trinajstić information content (AvgIpc) is 2.45. The summed E-state index contributed by atoms with van der Waals surface area (Å²) in [5, 5.41) is 0. The summed E-state index contributed by atoms with van der Waals surface area (Å²) < 4.78 is 15.6. The molecule has 0 aliphatic heterocycles. The molecule has 0 amide bonds. The number of phosphoric acid groups is 1. The molecule has 6 heteroatoms. The molecular formula is C17H28NO4P. The van der Waals surface area contributed by atoms with Crippen LogP contribution in [0.1, 0.15) is 50.5 Å². The van der Waals surface area contributed by atoms with Crippen LogP contribution in [-0.2, 0) is 4.57 Å². The summed E-state index contributed by atoms with van der Waals surface area (Å²) in [6, 6.07) is 7.20. The van der Waals surface area contributed by atoms with Gasteiger partial charge in [0, 0.05) is 12.5 Å². The second-order valence-electron chi connectivity index (χ2n) is 7.18. The van der Waals surface area contributed by atoms with Crippen LogP contribution in [0.15, 0.2) is 24.3 Å². The summed E-state index contributed by atoms with van der Waals surface area (Å²) in [5.41, 5.74) is 1.48. The lowest BCUT2D eigenvalue weighted by atomic mass is 9.65. The Labute approximate surface area is 138 Å². The average molecular weight is 341 g/mol. The highest BCUT2D eigenvalue weighted by atomic mass is 31.2. The van der Waals surface area contributed by atoms with Gasteiger partial charge in [-0.15, -0.1) is 0 Å². The maximum absolute atomic E-state index is 10.9. The van der Waals surface area contributed by atoms with Crippen LogP contribution in [0.25, 0.3) is 0 Å². The zero-order valence-electron chi connectivity index (χ0n) is 14.2. The van der Waals surface area contributed by atoms with Crippen molar-refractivity contribution >= 4 is 7.82 Å². The third kappa shape index (κ3) is 5.32. The first-order chi connectivity index (χ1) is 10.7. The van der Waals surface area contributed by atoms with E-state index in [0.717, 1.165) is 6.54 Å². The highest BCUT2D eigenvalue weighted by molar-refractivity contribution is 7.46. The highest BCUT2D eigenvalue weighted by Crippen LogP contribution is 2.47. The van der Waals surface area contributed by atoms with Gasteiger partial charge in [-0.1, -0.05) is 38.3 Å². The number of rotatable bonds is 6. The second-order valence-corrected chi connectivity index (χ2v) is 8.34. The van der Waals surface area contributed by atoms with Crippen LogP contribution < -0.4 is 4.52 Å². The fourth-order valence-electron chi connectivity index (χ4n) is 3.70. The minimum absolute atomic E-state index is 0.208. The molecule has 2 rings (SSSR count). The van der Waals surface area contributed by atoms with Gasteiger partial charge in [-0.05, 0) is 50.0 Å². The summed E-state index contributed by atoms with van der Waals surface area (Å²) in [6.07, 6.45) is 6.33. The predicted octanol–water partition coefficient (Wildman–Crippen LogP) is 3.77. The van der Waals surface area contributed by atoms with Crippen molar-refractivity contribution in [3.05, 3.63) is 29.8 Å². The van der Waals surface area contributed by atoms with Gasteiger partial charge in [0.15, 0.2) is 0 Å². The van der Waals surface area contributed by atoms with Crippen LogP contribution in [0.5, 0.6) is 5.75 Å². The van der Waals surface area contributed by atoms with Gasteiger partial charge in [0.25, 0.3) is 0 Å². The Balaban J connectivity index is 2.23. The summed E-state index contributed by atoms with van der Waals surface area (Å²) in [5.74, 6) is 0.612. The second kappa shape index (κ2) is 7.35.